The number of methoxy groups -OCH3 is 1. The standard InChI is InChI=1S/C23H30N5O7P/c1-7-33-36(31,34-8-2)16-11-9-15(10-12-16)13-24-20-19-17(25-14-26-20)18(21(29)32-6)27-28(19)22(30)35-23(3,4)5/h9-12,14H,7-8,13H2,1-6H3,(H,24,25,26). The first-order chi connectivity index (χ1) is 17.0. The number of hydrogen-bond donors (Lipinski definition) is 1. The Morgan fingerprint density at radius 2 is 1.69 bits per heavy atom. The van der Waals surface area contributed by atoms with Gasteiger partial charge in [-0.3, -0.25) is 4.57 Å². The third-order valence-corrected chi connectivity index (χ3v) is 6.84. The van der Waals surface area contributed by atoms with Crippen LogP contribution in [0.5, 0.6) is 0 Å². The van der Waals surface area contributed by atoms with Crippen LogP contribution >= 0.6 is 7.60 Å². The maximum absolute atomic E-state index is 13.0. The third kappa shape index (κ3) is 6.07. The van der Waals surface area contributed by atoms with Gasteiger partial charge in [0, 0.05) is 6.54 Å². The van der Waals surface area contributed by atoms with Crippen LogP contribution in [-0.4, -0.2) is 57.7 Å². The van der Waals surface area contributed by atoms with E-state index in [2.05, 4.69) is 20.4 Å². The Kier molecular flexibility index (Phi) is 8.44. The smallest absolute Gasteiger partial charge is 0.435 e. The minimum Gasteiger partial charge on any atom is -0.464 e. The highest BCUT2D eigenvalue weighted by molar-refractivity contribution is 7.62. The lowest BCUT2D eigenvalue weighted by Gasteiger charge is -2.19. The Bertz CT molecular complexity index is 1270. The third-order valence-electron chi connectivity index (χ3n) is 4.71. The molecule has 2 heterocycles. The summed E-state index contributed by atoms with van der Waals surface area (Å²) in [6.07, 6.45) is 0.453. The Balaban J connectivity index is 1.93. The van der Waals surface area contributed by atoms with Crippen molar-refractivity contribution in [1.82, 2.24) is 19.7 Å². The highest BCUT2D eigenvalue weighted by Crippen LogP contribution is 2.46. The summed E-state index contributed by atoms with van der Waals surface area (Å²) in [5.74, 6) is -0.498. The summed E-state index contributed by atoms with van der Waals surface area (Å²) < 4.78 is 34.9. The maximum atomic E-state index is 13.0. The zero-order valence-corrected chi connectivity index (χ0v) is 22.0. The summed E-state index contributed by atoms with van der Waals surface area (Å²) in [5.41, 5.74) is 0.182. The maximum Gasteiger partial charge on any atom is 0.435 e. The van der Waals surface area contributed by atoms with Crippen molar-refractivity contribution in [2.45, 2.75) is 46.8 Å². The largest absolute Gasteiger partial charge is 0.464 e. The van der Waals surface area contributed by atoms with Gasteiger partial charge in [0.1, 0.15) is 23.0 Å². The van der Waals surface area contributed by atoms with Crippen LogP contribution in [0.25, 0.3) is 11.0 Å². The minimum absolute atomic E-state index is 0.134. The van der Waals surface area contributed by atoms with E-state index in [9.17, 15) is 14.2 Å². The van der Waals surface area contributed by atoms with Crippen LogP contribution in [0.15, 0.2) is 30.6 Å². The first-order valence-corrected chi connectivity index (χ1v) is 12.8. The molecule has 0 aliphatic heterocycles. The molecule has 12 nitrogen and oxygen atoms in total. The number of benzene rings is 1. The second kappa shape index (κ2) is 11.2. The number of nitrogens with zero attached hydrogens (tertiary/aromatic N) is 4. The molecule has 194 valence electrons. The van der Waals surface area contributed by atoms with Crippen LogP contribution < -0.4 is 10.6 Å². The Morgan fingerprint density at radius 1 is 1.06 bits per heavy atom. The molecule has 0 saturated heterocycles. The van der Waals surface area contributed by atoms with Gasteiger partial charge in [-0.25, -0.2) is 19.6 Å². The van der Waals surface area contributed by atoms with Gasteiger partial charge in [0.2, 0.25) is 0 Å². The number of carbonyl (C=O) groups is 2. The van der Waals surface area contributed by atoms with E-state index in [4.69, 9.17) is 18.5 Å². The van der Waals surface area contributed by atoms with Crippen molar-refractivity contribution in [3.05, 3.63) is 41.9 Å². The summed E-state index contributed by atoms with van der Waals surface area (Å²) in [6, 6.07) is 6.91. The van der Waals surface area contributed by atoms with Gasteiger partial charge in [-0.2, -0.15) is 9.78 Å². The van der Waals surface area contributed by atoms with E-state index in [0.29, 0.717) is 5.30 Å². The molecule has 3 aromatic rings. The second-order valence-corrected chi connectivity index (χ2v) is 10.5. The van der Waals surface area contributed by atoms with Crippen LogP contribution in [0.2, 0.25) is 0 Å². The number of rotatable bonds is 9. The molecule has 36 heavy (non-hydrogen) atoms. The number of ether oxygens (including phenoxy) is 2. The van der Waals surface area contributed by atoms with E-state index in [1.165, 1.54) is 13.4 Å². The van der Waals surface area contributed by atoms with Crippen molar-refractivity contribution >= 4 is 41.8 Å². The lowest BCUT2D eigenvalue weighted by molar-refractivity contribution is 0.0519. The van der Waals surface area contributed by atoms with Crippen molar-refractivity contribution in [1.29, 1.82) is 0 Å². The summed E-state index contributed by atoms with van der Waals surface area (Å²) >= 11 is 0. The first-order valence-electron chi connectivity index (χ1n) is 11.3. The van der Waals surface area contributed by atoms with Gasteiger partial charge in [0.25, 0.3) is 0 Å². The van der Waals surface area contributed by atoms with Crippen molar-refractivity contribution in [2.75, 3.05) is 25.6 Å². The molecule has 2 aromatic heterocycles. The minimum atomic E-state index is -3.39. The van der Waals surface area contributed by atoms with Gasteiger partial charge in [-0.15, -0.1) is 0 Å². The van der Waals surface area contributed by atoms with Gasteiger partial charge in [0.15, 0.2) is 11.5 Å². The average Bonchev–Trinajstić information content (AvgIpc) is 3.22. The van der Waals surface area contributed by atoms with Crippen molar-refractivity contribution < 1.29 is 32.7 Å². The molecule has 13 heteroatoms. The monoisotopic (exact) mass is 519 g/mol. The fourth-order valence-electron chi connectivity index (χ4n) is 3.26. The lowest BCUT2D eigenvalue weighted by atomic mass is 10.2. The van der Waals surface area contributed by atoms with Crippen LogP contribution in [0.3, 0.4) is 0 Å². The van der Waals surface area contributed by atoms with Gasteiger partial charge in [-0.05, 0) is 52.3 Å². The van der Waals surface area contributed by atoms with Crippen LogP contribution in [0, 0.1) is 0 Å². The Hall–Kier alpha value is -3.34. The predicted molar refractivity (Wildman–Crippen MR) is 133 cm³/mol. The molecule has 1 N–H and O–H groups in total. The van der Waals surface area contributed by atoms with E-state index in [0.717, 1.165) is 10.2 Å². The average molecular weight is 519 g/mol. The molecule has 0 radical (unpaired) electrons. The number of anilines is 1. The van der Waals surface area contributed by atoms with E-state index >= 15 is 0 Å². The van der Waals surface area contributed by atoms with Gasteiger partial charge >= 0.3 is 19.7 Å². The Morgan fingerprint density at radius 3 is 2.25 bits per heavy atom. The molecular formula is C23H30N5O7P. The predicted octanol–water partition coefficient (Wildman–Crippen LogP) is 3.90. The first kappa shape index (κ1) is 27.3. The summed E-state index contributed by atoms with van der Waals surface area (Å²) in [7, 11) is -2.18. The second-order valence-electron chi connectivity index (χ2n) is 8.50. The molecule has 3 rings (SSSR count). The number of hydrogen-bond acceptors (Lipinski definition) is 11. The number of fused-ring (bicyclic) bond motifs is 1. The summed E-state index contributed by atoms with van der Waals surface area (Å²) in [4.78, 5) is 33.5. The SMILES string of the molecule is CCOP(=O)(OCC)c1ccc(CNc2ncnc3c(C(=O)OC)nn(C(=O)OC(C)(C)C)c23)cc1. The number of nitrogens with one attached hydrogen (secondary N) is 1. The zero-order chi connectivity index (χ0) is 26.5. The van der Waals surface area contributed by atoms with E-state index in [-0.39, 0.29) is 42.3 Å². The van der Waals surface area contributed by atoms with Gasteiger partial charge in [-0.1, -0.05) is 12.1 Å². The number of aromatic nitrogens is 4. The van der Waals surface area contributed by atoms with Crippen LogP contribution in [0.4, 0.5) is 10.6 Å². The summed E-state index contributed by atoms with van der Waals surface area (Å²) in [6.45, 7) is 9.44. The normalized spacial score (nSPS) is 11.9. The van der Waals surface area contributed by atoms with Crippen molar-refractivity contribution in [3.63, 3.8) is 0 Å². The fourth-order valence-corrected chi connectivity index (χ4v) is 4.83. The van der Waals surface area contributed by atoms with Crippen molar-refractivity contribution in [3.8, 4) is 0 Å². The number of esters is 1. The van der Waals surface area contributed by atoms with Crippen LogP contribution in [-0.2, 0) is 29.6 Å². The molecule has 0 atom stereocenters. The fraction of sp³-hybridized carbons (Fsp3) is 0.435. The Labute approximate surface area is 208 Å². The van der Waals surface area contributed by atoms with Crippen molar-refractivity contribution in [2.24, 2.45) is 0 Å². The van der Waals surface area contributed by atoms with Crippen LogP contribution in [0.1, 0.15) is 50.7 Å². The topological polar surface area (TPSA) is 144 Å². The molecule has 0 unspecified atom stereocenters. The molecule has 0 spiro atoms. The summed E-state index contributed by atoms with van der Waals surface area (Å²) in [5, 5.41) is 7.69. The molecule has 0 bridgehead atoms. The van der Waals surface area contributed by atoms with Gasteiger partial charge < -0.3 is 23.8 Å². The molecule has 0 aliphatic carbocycles. The van der Waals surface area contributed by atoms with E-state index in [1.54, 1.807) is 58.9 Å². The quantitative estimate of drug-likeness (QED) is 0.325. The van der Waals surface area contributed by atoms with Gasteiger partial charge in [0.05, 0.1) is 25.6 Å². The highest BCUT2D eigenvalue weighted by Gasteiger charge is 2.29. The molecule has 0 aliphatic rings. The molecule has 0 saturated carbocycles. The molecule has 0 fully saturated rings. The molecule has 1 aromatic carbocycles. The number of carbonyl (C=O) groups excluding carboxylic acids is 2. The molecular weight excluding hydrogens is 489 g/mol. The molecule has 0 amide bonds. The van der Waals surface area contributed by atoms with E-state index < -0.39 is 25.3 Å². The van der Waals surface area contributed by atoms with E-state index in [1.807, 2.05) is 0 Å². The lowest BCUT2D eigenvalue weighted by Crippen LogP contribution is -2.28. The zero-order valence-electron chi connectivity index (χ0n) is 21.1. The highest BCUT2D eigenvalue weighted by atomic mass is 31.2.